The molecule has 1 aromatic rings. The highest BCUT2D eigenvalue weighted by Gasteiger charge is 2.27. The molecule has 1 amide bonds. The molecule has 2 rings (SSSR count). The van der Waals surface area contributed by atoms with Gasteiger partial charge in [-0.1, -0.05) is 17.7 Å². The van der Waals surface area contributed by atoms with E-state index < -0.39 is 6.09 Å². The number of hydrogen-bond donors (Lipinski definition) is 1. The van der Waals surface area contributed by atoms with Crippen LogP contribution in [0.2, 0.25) is 5.15 Å². The highest BCUT2D eigenvalue weighted by Crippen LogP contribution is 2.19. The number of halogens is 1. The number of fused-ring (bicyclic) bond motifs is 1. The molecule has 0 unspecified atom stereocenters. The Morgan fingerprint density at radius 2 is 2.20 bits per heavy atom. The fourth-order valence-corrected chi connectivity index (χ4v) is 1.63. The number of carbonyl (C=O) groups excluding carboxylic acids is 1. The molecule has 0 atom stereocenters. The monoisotopic (exact) mass is 226 g/mol. The molecule has 0 bridgehead atoms. The zero-order valence-corrected chi connectivity index (χ0v) is 8.36. The second-order valence-corrected chi connectivity index (χ2v) is 3.59. The van der Waals surface area contributed by atoms with Crippen molar-refractivity contribution in [2.45, 2.75) is 6.54 Å². The highest BCUT2D eigenvalue weighted by atomic mass is 35.5. The van der Waals surface area contributed by atoms with Gasteiger partial charge in [-0.3, -0.25) is 9.69 Å². The van der Waals surface area contributed by atoms with Gasteiger partial charge in [0, 0.05) is 5.56 Å². The van der Waals surface area contributed by atoms with Crippen LogP contribution in [-0.4, -0.2) is 33.4 Å². The normalized spacial score (nSPS) is 15.0. The third-order valence-electron chi connectivity index (χ3n) is 2.18. The first-order valence-electron chi connectivity index (χ1n) is 4.24. The van der Waals surface area contributed by atoms with Crippen LogP contribution in [-0.2, 0) is 6.54 Å². The third-order valence-corrected chi connectivity index (χ3v) is 2.39. The van der Waals surface area contributed by atoms with E-state index in [9.17, 15) is 9.59 Å². The summed E-state index contributed by atoms with van der Waals surface area (Å²) in [4.78, 5) is 27.2. The molecule has 78 valence electrons. The van der Waals surface area contributed by atoms with Crippen molar-refractivity contribution in [3.63, 3.8) is 0 Å². The molecule has 0 saturated heterocycles. The van der Waals surface area contributed by atoms with E-state index in [0.29, 0.717) is 5.56 Å². The van der Waals surface area contributed by atoms with Crippen LogP contribution in [0, 0.1) is 0 Å². The standard InChI is InChI=1S/C9H7ClN2O3/c10-7-2-1-5-3-12(9(14)15)4-6(13)8(5)11-7/h1-2H,3-4H2,(H,14,15). The molecule has 0 saturated carbocycles. The molecular formula is C9H7ClN2O3. The fourth-order valence-electron chi connectivity index (χ4n) is 1.48. The quantitative estimate of drug-likeness (QED) is 0.679. The first-order valence-corrected chi connectivity index (χ1v) is 4.62. The number of carboxylic acid groups (broad SMARTS) is 1. The summed E-state index contributed by atoms with van der Waals surface area (Å²) in [5.41, 5.74) is 0.873. The van der Waals surface area contributed by atoms with Gasteiger partial charge in [-0.15, -0.1) is 0 Å². The maximum Gasteiger partial charge on any atom is 0.408 e. The molecule has 6 heteroatoms. The molecule has 1 aromatic heterocycles. The van der Waals surface area contributed by atoms with Crippen molar-refractivity contribution in [2.75, 3.05) is 6.54 Å². The van der Waals surface area contributed by atoms with E-state index in [4.69, 9.17) is 16.7 Å². The molecule has 0 aromatic carbocycles. The summed E-state index contributed by atoms with van der Waals surface area (Å²) in [5.74, 6) is -0.318. The lowest BCUT2D eigenvalue weighted by molar-refractivity contribution is 0.0868. The van der Waals surface area contributed by atoms with Gasteiger partial charge in [0.1, 0.15) is 10.8 Å². The Balaban J connectivity index is 2.41. The average molecular weight is 227 g/mol. The Hall–Kier alpha value is -1.62. The van der Waals surface area contributed by atoms with E-state index in [-0.39, 0.29) is 29.7 Å². The largest absolute Gasteiger partial charge is 0.465 e. The first-order chi connectivity index (χ1) is 7.08. The van der Waals surface area contributed by atoms with Gasteiger partial charge in [0.25, 0.3) is 0 Å². The van der Waals surface area contributed by atoms with Gasteiger partial charge in [0.05, 0.1) is 13.1 Å². The van der Waals surface area contributed by atoms with Crippen LogP contribution in [0.3, 0.4) is 0 Å². The average Bonchev–Trinajstić information content (AvgIpc) is 2.18. The minimum absolute atomic E-state index is 0.157. The summed E-state index contributed by atoms with van der Waals surface area (Å²) in [6.45, 7) is 0.0241. The van der Waals surface area contributed by atoms with E-state index in [2.05, 4.69) is 4.98 Å². The van der Waals surface area contributed by atoms with E-state index in [1.54, 1.807) is 12.1 Å². The van der Waals surface area contributed by atoms with E-state index in [0.717, 1.165) is 4.90 Å². The first kappa shape index (κ1) is 9.92. The molecule has 0 radical (unpaired) electrons. The van der Waals surface area contributed by atoms with Gasteiger partial charge in [0.15, 0.2) is 0 Å². The summed E-state index contributed by atoms with van der Waals surface area (Å²) in [6, 6.07) is 3.16. The van der Waals surface area contributed by atoms with Gasteiger partial charge < -0.3 is 5.11 Å². The van der Waals surface area contributed by atoms with Crippen molar-refractivity contribution >= 4 is 23.5 Å². The summed E-state index contributed by atoms with van der Waals surface area (Å²) in [7, 11) is 0. The van der Waals surface area contributed by atoms with Crippen molar-refractivity contribution in [3.8, 4) is 0 Å². The second-order valence-electron chi connectivity index (χ2n) is 3.20. The van der Waals surface area contributed by atoms with Crippen LogP contribution in [0.4, 0.5) is 4.79 Å². The van der Waals surface area contributed by atoms with Crippen molar-refractivity contribution in [2.24, 2.45) is 0 Å². The Morgan fingerprint density at radius 1 is 1.47 bits per heavy atom. The minimum atomic E-state index is -1.11. The summed E-state index contributed by atoms with van der Waals surface area (Å²) in [5, 5.41) is 9.00. The van der Waals surface area contributed by atoms with Crippen LogP contribution in [0.5, 0.6) is 0 Å². The van der Waals surface area contributed by atoms with Gasteiger partial charge in [-0.25, -0.2) is 9.78 Å². The number of aromatic nitrogens is 1. The van der Waals surface area contributed by atoms with Gasteiger partial charge in [0.2, 0.25) is 5.78 Å². The van der Waals surface area contributed by atoms with E-state index in [1.807, 2.05) is 0 Å². The lowest BCUT2D eigenvalue weighted by Gasteiger charge is -2.24. The van der Waals surface area contributed by atoms with Crippen LogP contribution >= 0.6 is 11.6 Å². The Labute approximate surface area is 90.3 Å². The number of ketones is 1. The van der Waals surface area contributed by atoms with Gasteiger partial charge in [-0.2, -0.15) is 0 Å². The molecule has 15 heavy (non-hydrogen) atoms. The van der Waals surface area contributed by atoms with Crippen LogP contribution in [0.15, 0.2) is 12.1 Å². The SMILES string of the molecule is O=C1CN(C(=O)O)Cc2ccc(Cl)nc21. The topological polar surface area (TPSA) is 70.5 Å². The highest BCUT2D eigenvalue weighted by molar-refractivity contribution is 6.29. The molecule has 5 nitrogen and oxygen atoms in total. The van der Waals surface area contributed by atoms with E-state index >= 15 is 0 Å². The zero-order chi connectivity index (χ0) is 11.0. The smallest absolute Gasteiger partial charge is 0.408 e. The molecular weight excluding hydrogens is 220 g/mol. The number of pyridine rings is 1. The lowest BCUT2D eigenvalue weighted by Crippen LogP contribution is -2.39. The zero-order valence-electron chi connectivity index (χ0n) is 7.61. The number of rotatable bonds is 0. The number of carbonyl (C=O) groups is 2. The molecule has 2 heterocycles. The van der Waals surface area contributed by atoms with Gasteiger partial charge in [-0.05, 0) is 6.07 Å². The minimum Gasteiger partial charge on any atom is -0.465 e. The third kappa shape index (κ3) is 1.78. The van der Waals surface area contributed by atoms with Crippen molar-refractivity contribution in [1.29, 1.82) is 0 Å². The maximum atomic E-state index is 11.5. The van der Waals surface area contributed by atoms with Gasteiger partial charge >= 0.3 is 6.09 Å². The fraction of sp³-hybridized carbons (Fsp3) is 0.222. The molecule has 1 aliphatic heterocycles. The van der Waals surface area contributed by atoms with Crippen LogP contribution in [0.1, 0.15) is 16.1 Å². The second kappa shape index (κ2) is 3.51. The predicted octanol–water partition coefficient (Wildman–Crippen LogP) is 1.41. The Kier molecular flexibility index (Phi) is 2.32. The maximum absolute atomic E-state index is 11.5. The molecule has 0 aliphatic carbocycles. The van der Waals surface area contributed by atoms with Crippen LogP contribution < -0.4 is 0 Å². The Bertz CT molecular complexity index is 447. The number of hydrogen-bond acceptors (Lipinski definition) is 3. The van der Waals surface area contributed by atoms with E-state index in [1.165, 1.54) is 0 Å². The number of Topliss-reactive ketones (excluding diaryl/α,β-unsaturated/α-hetero) is 1. The Morgan fingerprint density at radius 3 is 2.87 bits per heavy atom. The summed E-state index contributed by atoms with van der Waals surface area (Å²) < 4.78 is 0. The number of nitrogens with zero attached hydrogens (tertiary/aromatic N) is 2. The predicted molar refractivity (Wildman–Crippen MR) is 52.0 cm³/mol. The van der Waals surface area contributed by atoms with Crippen LogP contribution in [0.25, 0.3) is 0 Å². The van der Waals surface area contributed by atoms with Crippen molar-refractivity contribution < 1.29 is 14.7 Å². The summed E-state index contributed by atoms with van der Waals surface area (Å²) in [6.07, 6.45) is -1.11. The molecule has 0 fully saturated rings. The van der Waals surface area contributed by atoms with Crippen molar-refractivity contribution in [3.05, 3.63) is 28.5 Å². The molecule has 0 spiro atoms. The molecule has 1 N–H and O–H groups in total. The molecule has 1 aliphatic rings. The number of amides is 1. The lowest BCUT2D eigenvalue weighted by atomic mass is 10.1. The summed E-state index contributed by atoms with van der Waals surface area (Å²) >= 11 is 5.65. The van der Waals surface area contributed by atoms with Crippen molar-refractivity contribution in [1.82, 2.24) is 9.88 Å².